The molecule has 4 heterocycles. The van der Waals surface area contributed by atoms with E-state index in [4.69, 9.17) is 30.8 Å². The fourth-order valence-corrected chi connectivity index (χ4v) is 7.12. The summed E-state index contributed by atoms with van der Waals surface area (Å²) >= 11 is 6.67. The minimum atomic E-state index is -0.563. The Morgan fingerprint density at radius 3 is 2.41 bits per heavy atom. The zero-order chi connectivity index (χ0) is 36.3. The van der Waals surface area contributed by atoms with Crippen LogP contribution in [0.3, 0.4) is 0 Å². The second-order valence-corrected chi connectivity index (χ2v) is 14.6. The number of carbonyl (C=O) groups is 3. The summed E-state index contributed by atoms with van der Waals surface area (Å²) in [6.45, 7) is 8.51. The van der Waals surface area contributed by atoms with E-state index in [0.29, 0.717) is 57.1 Å². The number of amides is 3. The molecule has 2 atom stereocenters. The SMILES string of the molecule is COCC(=O)NC(C1=Cc2cccnc2C(N2CCN(C(=O)OC3CCN(C(=O)OC(C)(C)C)CC3)CC2)c2ccc(Cl)cc21)c1cncn1C. The largest absolute Gasteiger partial charge is 0.446 e. The lowest BCUT2D eigenvalue weighted by molar-refractivity contribution is -0.125. The number of carbonyl (C=O) groups excluding carboxylic acids is 3. The lowest BCUT2D eigenvalue weighted by Gasteiger charge is -2.40. The molecule has 14 heteroatoms. The van der Waals surface area contributed by atoms with Gasteiger partial charge in [0.1, 0.15) is 18.3 Å². The molecule has 272 valence electrons. The molecule has 2 aliphatic heterocycles. The van der Waals surface area contributed by atoms with E-state index < -0.39 is 11.6 Å². The number of benzene rings is 1. The van der Waals surface area contributed by atoms with Gasteiger partial charge in [-0.2, -0.15) is 0 Å². The number of aromatic nitrogens is 3. The number of likely N-dealkylation sites (tertiary alicyclic amines) is 1. The molecule has 3 aliphatic rings. The molecule has 2 aromatic heterocycles. The van der Waals surface area contributed by atoms with Crippen molar-refractivity contribution in [2.75, 3.05) is 53.0 Å². The van der Waals surface area contributed by atoms with Gasteiger partial charge >= 0.3 is 12.2 Å². The summed E-state index contributed by atoms with van der Waals surface area (Å²) in [7, 11) is 3.38. The van der Waals surface area contributed by atoms with Crippen molar-refractivity contribution in [2.24, 2.45) is 7.05 Å². The van der Waals surface area contributed by atoms with Crippen LogP contribution in [-0.2, 0) is 26.1 Å². The summed E-state index contributed by atoms with van der Waals surface area (Å²) < 4.78 is 18.5. The molecule has 1 N–H and O–H groups in total. The summed E-state index contributed by atoms with van der Waals surface area (Å²) in [5.74, 6) is -0.267. The van der Waals surface area contributed by atoms with E-state index in [-0.39, 0.29) is 36.8 Å². The van der Waals surface area contributed by atoms with Gasteiger partial charge in [0.25, 0.3) is 0 Å². The average Bonchev–Trinajstić information content (AvgIpc) is 3.46. The minimum Gasteiger partial charge on any atom is -0.446 e. The van der Waals surface area contributed by atoms with Gasteiger partial charge in [-0.3, -0.25) is 14.7 Å². The van der Waals surface area contributed by atoms with Gasteiger partial charge in [-0.05, 0) is 67.3 Å². The third kappa shape index (κ3) is 8.37. The van der Waals surface area contributed by atoms with Crippen LogP contribution >= 0.6 is 11.6 Å². The fraction of sp³-hybridized carbons (Fsp3) is 0.486. The number of piperazine rings is 1. The maximum Gasteiger partial charge on any atom is 0.410 e. The second-order valence-electron chi connectivity index (χ2n) is 14.1. The van der Waals surface area contributed by atoms with Crippen molar-refractivity contribution in [3.8, 4) is 0 Å². The summed E-state index contributed by atoms with van der Waals surface area (Å²) in [5.41, 5.74) is 4.74. The fourth-order valence-electron chi connectivity index (χ4n) is 6.95. The molecule has 2 unspecified atom stereocenters. The van der Waals surface area contributed by atoms with Gasteiger partial charge in [0.15, 0.2) is 0 Å². The van der Waals surface area contributed by atoms with Gasteiger partial charge in [-0.25, -0.2) is 14.6 Å². The Balaban J connectivity index is 1.21. The number of methoxy groups -OCH3 is 1. The van der Waals surface area contributed by atoms with Crippen molar-refractivity contribution in [3.05, 3.63) is 82.2 Å². The van der Waals surface area contributed by atoms with Crippen LogP contribution in [0.5, 0.6) is 0 Å². The van der Waals surface area contributed by atoms with Gasteiger partial charge in [-0.1, -0.05) is 23.7 Å². The Morgan fingerprint density at radius 1 is 1.02 bits per heavy atom. The molecule has 0 radical (unpaired) electrons. The Morgan fingerprint density at radius 2 is 1.75 bits per heavy atom. The standard InChI is InChI=1S/C37H46ClN7O6/c1-37(2,3)51-36(48)44-13-10-26(11-14-44)50-35(47)45-17-15-43(16-18-45)34-27-9-8-25(38)20-28(27)29(19-24-7-6-12-40-32(24)34)33(41-31(46)22-49-5)30-21-39-23-42(30)4/h6-9,12,19-21,23,26,33-34H,10-11,13-18,22H2,1-5H3,(H,41,46). The molecule has 1 aliphatic carbocycles. The highest BCUT2D eigenvalue weighted by molar-refractivity contribution is 6.30. The summed E-state index contributed by atoms with van der Waals surface area (Å²) in [4.78, 5) is 53.8. The smallest absolute Gasteiger partial charge is 0.410 e. The van der Waals surface area contributed by atoms with E-state index in [0.717, 1.165) is 33.7 Å². The molecule has 51 heavy (non-hydrogen) atoms. The number of hydrogen-bond donors (Lipinski definition) is 1. The molecular formula is C37H46ClN7O6. The topological polar surface area (TPSA) is 131 Å². The van der Waals surface area contributed by atoms with Crippen molar-refractivity contribution in [3.63, 3.8) is 0 Å². The second kappa shape index (κ2) is 15.4. The average molecular weight is 720 g/mol. The molecule has 1 aromatic carbocycles. The van der Waals surface area contributed by atoms with Crippen LogP contribution < -0.4 is 5.32 Å². The predicted molar refractivity (Wildman–Crippen MR) is 192 cm³/mol. The zero-order valence-corrected chi connectivity index (χ0v) is 30.6. The lowest BCUT2D eigenvalue weighted by atomic mass is 9.89. The lowest BCUT2D eigenvalue weighted by Crippen LogP contribution is -2.51. The van der Waals surface area contributed by atoms with Gasteiger partial charge in [0.05, 0.1) is 36.0 Å². The first-order valence-electron chi connectivity index (χ1n) is 17.3. The third-order valence-electron chi connectivity index (χ3n) is 9.40. The van der Waals surface area contributed by atoms with E-state index in [1.54, 1.807) is 28.5 Å². The predicted octanol–water partition coefficient (Wildman–Crippen LogP) is 5.07. The Bertz CT molecular complexity index is 1770. The van der Waals surface area contributed by atoms with Crippen molar-refractivity contribution in [1.29, 1.82) is 0 Å². The van der Waals surface area contributed by atoms with Crippen LogP contribution in [0, 0.1) is 0 Å². The quantitative estimate of drug-likeness (QED) is 0.356. The number of imidazole rings is 1. The number of nitrogens with one attached hydrogen (secondary N) is 1. The highest BCUT2D eigenvalue weighted by Gasteiger charge is 2.37. The van der Waals surface area contributed by atoms with Crippen molar-refractivity contribution < 1.29 is 28.6 Å². The van der Waals surface area contributed by atoms with Crippen molar-refractivity contribution in [2.45, 2.75) is 57.4 Å². The van der Waals surface area contributed by atoms with Crippen LogP contribution in [0.4, 0.5) is 9.59 Å². The van der Waals surface area contributed by atoms with E-state index in [1.807, 2.05) is 62.7 Å². The first kappa shape index (κ1) is 36.3. The minimum absolute atomic E-state index is 0.0945. The van der Waals surface area contributed by atoms with Crippen LogP contribution in [0.2, 0.25) is 5.02 Å². The third-order valence-corrected chi connectivity index (χ3v) is 9.64. The monoisotopic (exact) mass is 719 g/mol. The van der Waals surface area contributed by atoms with Crippen LogP contribution in [0.15, 0.2) is 49.1 Å². The maximum absolute atomic E-state index is 13.3. The van der Waals surface area contributed by atoms with E-state index in [2.05, 4.69) is 21.3 Å². The highest BCUT2D eigenvalue weighted by atomic mass is 35.5. The molecule has 0 bridgehead atoms. The van der Waals surface area contributed by atoms with Gasteiger partial charge in [0, 0.05) is 77.5 Å². The van der Waals surface area contributed by atoms with Gasteiger partial charge < -0.3 is 33.9 Å². The highest BCUT2D eigenvalue weighted by Crippen LogP contribution is 2.44. The Kier molecular flexibility index (Phi) is 11.0. The van der Waals surface area contributed by atoms with Gasteiger partial charge in [-0.15, -0.1) is 0 Å². The number of rotatable bonds is 7. The molecule has 3 amide bonds. The first-order chi connectivity index (χ1) is 24.4. The number of halogens is 1. The summed E-state index contributed by atoms with van der Waals surface area (Å²) in [6.07, 6.45) is 7.51. The normalized spacial score (nSPS) is 18.9. The Labute approximate surface area is 303 Å². The van der Waals surface area contributed by atoms with Crippen LogP contribution in [0.1, 0.15) is 73.8 Å². The molecule has 0 spiro atoms. The zero-order valence-electron chi connectivity index (χ0n) is 29.8. The van der Waals surface area contributed by atoms with E-state index in [1.165, 1.54) is 7.11 Å². The number of pyridine rings is 1. The molecule has 6 rings (SSSR count). The molecule has 13 nitrogen and oxygen atoms in total. The van der Waals surface area contributed by atoms with Crippen molar-refractivity contribution in [1.82, 2.24) is 34.6 Å². The summed E-state index contributed by atoms with van der Waals surface area (Å²) in [6, 6.07) is 8.97. The first-order valence-corrected chi connectivity index (χ1v) is 17.7. The summed E-state index contributed by atoms with van der Waals surface area (Å²) in [5, 5.41) is 3.72. The number of ether oxygens (including phenoxy) is 3. The molecule has 2 saturated heterocycles. The number of hydrogen-bond acceptors (Lipinski definition) is 9. The van der Waals surface area contributed by atoms with Gasteiger partial charge in [0.2, 0.25) is 5.91 Å². The molecule has 3 aromatic rings. The van der Waals surface area contributed by atoms with E-state index in [9.17, 15) is 14.4 Å². The van der Waals surface area contributed by atoms with Crippen LogP contribution in [0.25, 0.3) is 11.6 Å². The van der Waals surface area contributed by atoms with E-state index >= 15 is 0 Å². The number of nitrogens with zero attached hydrogens (tertiary/aromatic N) is 6. The molecule has 2 fully saturated rings. The molecule has 0 saturated carbocycles. The van der Waals surface area contributed by atoms with Crippen LogP contribution in [-0.4, -0.2) is 112 Å². The number of fused-ring (bicyclic) bond motifs is 2. The number of piperidine rings is 1. The molecular weight excluding hydrogens is 674 g/mol. The Hall–Kier alpha value is -4.46. The number of aryl methyl sites for hydroxylation is 1. The van der Waals surface area contributed by atoms with Crippen molar-refractivity contribution >= 4 is 41.3 Å². The maximum atomic E-state index is 13.3.